The summed E-state index contributed by atoms with van der Waals surface area (Å²) in [5.74, 6) is 0.365. The van der Waals surface area contributed by atoms with Crippen molar-refractivity contribution in [2.24, 2.45) is 0 Å². The molecule has 0 spiro atoms. The molecule has 2 saturated heterocycles. The molecular weight excluding hydrogens is 497 g/mol. The highest BCUT2D eigenvalue weighted by Gasteiger charge is 2.43. The lowest BCUT2D eigenvalue weighted by Crippen LogP contribution is -2.46. The van der Waals surface area contributed by atoms with Crippen molar-refractivity contribution in [3.8, 4) is 11.1 Å². The molecule has 3 fully saturated rings. The Morgan fingerprint density at radius 2 is 1.82 bits per heavy atom. The minimum atomic E-state index is -4.44. The maximum absolute atomic E-state index is 13.8. The number of esters is 1. The fraction of sp³-hybridized carbons (Fsp3) is 0.464. The number of nitrogens with zero attached hydrogens (tertiary/aromatic N) is 3. The van der Waals surface area contributed by atoms with E-state index in [0.717, 1.165) is 55.8 Å². The van der Waals surface area contributed by atoms with Gasteiger partial charge in [-0.25, -0.2) is 14.8 Å². The Labute approximate surface area is 218 Å². The van der Waals surface area contributed by atoms with Crippen LogP contribution in [0.1, 0.15) is 71.8 Å². The predicted molar refractivity (Wildman–Crippen MR) is 134 cm³/mol. The summed E-state index contributed by atoms with van der Waals surface area (Å²) in [6.45, 7) is 0.259. The van der Waals surface area contributed by atoms with E-state index < -0.39 is 17.7 Å². The highest BCUT2D eigenvalue weighted by atomic mass is 19.4. The van der Waals surface area contributed by atoms with Gasteiger partial charge in [-0.05, 0) is 62.1 Å². The van der Waals surface area contributed by atoms with Crippen LogP contribution < -0.4 is 4.90 Å². The molecule has 200 valence electrons. The average molecular weight is 527 g/mol. The number of nitrogens with one attached hydrogen (secondary N) is 1. The van der Waals surface area contributed by atoms with Gasteiger partial charge in [-0.3, -0.25) is 0 Å². The van der Waals surface area contributed by atoms with E-state index in [0.29, 0.717) is 17.4 Å². The number of piperidine rings is 1. The summed E-state index contributed by atoms with van der Waals surface area (Å²) < 4.78 is 52.6. The number of rotatable bonds is 7. The van der Waals surface area contributed by atoms with Crippen LogP contribution in [-0.4, -0.2) is 46.2 Å². The van der Waals surface area contributed by atoms with Gasteiger partial charge < -0.3 is 19.4 Å². The van der Waals surface area contributed by atoms with Crippen molar-refractivity contribution in [1.82, 2.24) is 15.0 Å². The summed E-state index contributed by atoms with van der Waals surface area (Å²) in [6.07, 6.45) is 4.33. The van der Waals surface area contributed by atoms with E-state index in [1.165, 1.54) is 25.3 Å². The molecule has 1 aliphatic carbocycles. The number of alkyl halides is 3. The average Bonchev–Trinajstić information content (AvgIpc) is 3.62. The number of ether oxygens (including phenoxy) is 2. The van der Waals surface area contributed by atoms with Crippen molar-refractivity contribution < 1.29 is 27.4 Å². The first-order valence-corrected chi connectivity index (χ1v) is 13.0. The number of fused-ring (bicyclic) bond motifs is 2. The first-order chi connectivity index (χ1) is 18.3. The van der Waals surface area contributed by atoms with Crippen molar-refractivity contribution in [2.75, 3.05) is 12.0 Å². The zero-order chi connectivity index (χ0) is 26.4. The van der Waals surface area contributed by atoms with Crippen LogP contribution in [-0.2, 0) is 22.3 Å². The molecule has 1 aromatic carbocycles. The Bertz CT molecular complexity index is 1320. The van der Waals surface area contributed by atoms with Gasteiger partial charge in [0.2, 0.25) is 5.95 Å². The first-order valence-electron chi connectivity index (χ1n) is 13.0. The minimum absolute atomic E-state index is 0.0276. The van der Waals surface area contributed by atoms with Gasteiger partial charge in [0, 0.05) is 41.3 Å². The molecule has 1 saturated carbocycles. The summed E-state index contributed by atoms with van der Waals surface area (Å²) in [5.41, 5.74) is 2.15. The Balaban J connectivity index is 1.21. The number of methoxy groups -OCH3 is 1. The van der Waals surface area contributed by atoms with Crippen molar-refractivity contribution in [1.29, 1.82) is 0 Å². The molecule has 7 nitrogen and oxygen atoms in total. The normalized spacial score (nSPS) is 23.1. The topological polar surface area (TPSA) is 80.3 Å². The smallest absolute Gasteiger partial charge is 0.417 e. The fourth-order valence-corrected chi connectivity index (χ4v) is 6.05. The Morgan fingerprint density at radius 1 is 1.08 bits per heavy atom. The van der Waals surface area contributed by atoms with E-state index in [1.54, 1.807) is 18.5 Å². The van der Waals surface area contributed by atoms with Crippen LogP contribution in [0.2, 0.25) is 0 Å². The quantitative estimate of drug-likeness (QED) is 0.388. The minimum Gasteiger partial charge on any atom is -0.464 e. The summed E-state index contributed by atoms with van der Waals surface area (Å²) in [5, 5.41) is 0. The summed E-state index contributed by atoms with van der Waals surface area (Å²) in [6, 6.07) is 7.62. The first kappa shape index (κ1) is 24.9. The second-order valence-corrected chi connectivity index (χ2v) is 10.3. The number of aromatic amines is 1. The van der Waals surface area contributed by atoms with Crippen molar-refractivity contribution in [2.45, 2.75) is 75.4 Å². The maximum Gasteiger partial charge on any atom is 0.417 e. The number of carbonyl (C=O) groups is 1. The molecule has 3 aliphatic rings. The van der Waals surface area contributed by atoms with Crippen molar-refractivity contribution in [3.05, 3.63) is 65.2 Å². The van der Waals surface area contributed by atoms with E-state index in [4.69, 9.17) is 9.47 Å². The number of benzene rings is 1. The second kappa shape index (κ2) is 9.72. The number of aromatic nitrogens is 3. The van der Waals surface area contributed by atoms with Gasteiger partial charge in [0.25, 0.3) is 0 Å². The molecular formula is C28H29F3N4O3. The van der Waals surface area contributed by atoms with Gasteiger partial charge in [-0.2, -0.15) is 13.2 Å². The Morgan fingerprint density at radius 3 is 2.50 bits per heavy atom. The molecule has 4 heterocycles. The lowest BCUT2D eigenvalue weighted by Gasteiger charge is -2.39. The Hall–Kier alpha value is -3.40. The fourth-order valence-electron chi connectivity index (χ4n) is 6.05. The van der Waals surface area contributed by atoms with Gasteiger partial charge in [0.15, 0.2) is 5.69 Å². The zero-order valence-corrected chi connectivity index (χ0v) is 21.0. The summed E-state index contributed by atoms with van der Waals surface area (Å²) >= 11 is 0. The van der Waals surface area contributed by atoms with E-state index in [1.807, 2.05) is 0 Å². The molecule has 2 aromatic heterocycles. The monoisotopic (exact) mass is 526 g/mol. The van der Waals surface area contributed by atoms with Crippen LogP contribution in [0.25, 0.3) is 11.1 Å². The van der Waals surface area contributed by atoms with Crippen LogP contribution in [0.15, 0.2) is 42.7 Å². The summed E-state index contributed by atoms with van der Waals surface area (Å²) in [7, 11) is 1.32. The second-order valence-electron chi connectivity index (χ2n) is 10.3. The molecule has 2 aliphatic heterocycles. The van der Waals surface area contributed by atoms with E-state index in [2.05, 4.69) is 19.9 Å². The molecule has 6 rings (SSSR count). The van der Waals surface area contributed by atoms with Crippen LogP contribution in [0.5, 0.6) is 0 Å². The Kier molecular flexibility index (Phi) is 6.37. The molecule has 0 radical (unpaired) electrons. The van der Waals surface area contributed by atoms with Gasteiger partial charge in [-0.15, -0.1) is 0 Å². The third kappa shape index (κ3) is 4.66. The van der Waals surface area contributed by atoms with Crippen LogP contribution in [0.4, 0.5) is 19.1 Å². The number of anilines is 1. The molecule has 3 aromatic rings. The van der Waals surface area contributed by atoms with Crippen LogP contribution >= 0.6 is 0 Å². The SMILES string of the molecule is COC(=O)c1ccnc(N2C3CCC2CC(OCc2c(-c4ccccc4C(F)(F)F)c[nH]c2C2CC2)C3)n1. The summed E-state index contributed by atoms with van der Waals surface area (Å²) in [4.78, 5) is 26.2. The van der Waals surface area contributed by atoms with E-state index in [-0.39, 0.29) is 36.1 Å². The lowest BCUT2D eigenvalue weighted by molar-refractivity contribution is -0.137. The van der Waals surface area contributed by atoms with Gasteiger partial charge in [0.1, 0.15) is 0 Å². The molecule has 0 amide bonds. The molecule has 38 heavy (non-hydrogen) atoms. The van der Waals surface area contributed by atoms with Gasteiger partial charge in [-0.1, -0.05) is 18.2 Å². The van der Waals surface area contributed by atoms with Crippen molar-refractivity contribution in [3.63, 3.8) is 0 Å². The third-order valence-corrected chi connectivity index (χ3v) is 7.95. The van der Waals surface area contributed by atoms with Crippen molar-refractivity contribution >= 4 is 11.9 Å². The van der Waals surface area contributed by atoms with Gasteiger partial charge in [0.05, 0.1) is 25.4 Å². The molecule has 2 unspecified atom stereocenters. The largest absolute Gasteiger partial charge is 0.464 e. The molecule has 1 N–H and O–H groups in total. The number of hydrogen-bond donors (Lipinski definition) is 1. The van der Waals surface area contributed by atoms with E-state index in [9.17, 15) is 18.0 Å². The number of carbonyl (C=O) groups excluding carboxylic acids is 1. The molecule has 2 bridgehead atoms. The highest BCUT2D eigenvalue weighted by Crippen LogP contribution is 2.46. The molecule has 2 atom stereocenters. The van der Waals surface area contributed by atoms with E-state index >= 15 is 0 Å². The van der Waals surface area contributed by atoms with Gasteiger partial charge >= 0.3 is 12.1 Å². The van der Waals surface area contributed by atoms with Crippen LogP contribution in [0.3, 0.4) is 0 Å². The molecule has 10 heteroatoms. The predicted octanol–water partition coefficient (Wildman–Crippen LogP) is 5.87. The lowest BCUT2D eigenvalue weighted by atomic mass is 9.96. The third-order valence-electron chi connectivity index (χ3n) is 7.95. The standard InChI is InChI=1S/C28H29F3N4O3/c1-37-26(36)24-10-11-32-27(34-24)35-17-8-9-18(35)13-19(12-17)38-15-22-21(14-33-25(22)16-6-7-16)20-4-2-3-5-23(20)28(29,30)31/h2-5,10-11,14,16-19,33H,6-9,12-13,15H2,1H3. The number of H-pyrrole nitrogens is 1. The maximum atomic E-state index is 13.8. The highest BCUT2D eigenvalue weighted by molar-refractivity contribution is 5.87. The number of hydrogen-bond acceptors (Lipinski definition) is 6. The number of halogens is 3. The van der Waals surface area contributed by atoms with Crippen LogP contribution in [0, 0.1) is 0 Å². The zero-order valence-electron chi connectivity index (χ0n) is 21.0.